The van der Waals surface area contributed by atoms with E-state index in [0.29, 0.717) is 28.0 Å². The molecule has 1 aromatic carbocycles. The molecule has 0 radical (unpaired) electrons. The minimum absolute atomic E-state index is 0.113. The molecule has 5 rings (SSSR count). The Bertz CT molecular complexity index is 1110. The summed E-state index contributed by atoms with van der Waals surface area (Å²) in [6.45, 7) is 2.30. The fraction of sp³-hybridized carbons (Fsp3) is 0.381. The first kappa shape index (κ1) is 18.4. The summed E-state index contributed by atoms with van der Waals surface area (Å²) in [5.74, 6) is 0.502. The highest BCUT2D eigenvalue weighted by Gasteiger charge is 2.34. The van der Waals surface area contributed by atoms with E-state index >= 15 is 0 Å². The number of aromatic nitrogens is 3. The number of pyridine rings is 1. The van der Waals surface area contributed by atoms with Gasteiger partial charge in [-0.2, -0.15) is 5.10 Å². The summed E-state index contributed by atoms with van der Waals surface area (Å²) in [6, 6.07) is 9.52. The summed E-state index contributed by atoms with van der Waals surface area (Å²) < 4.78 is 1.86. The molecule has 1 saturated heterocycles. The Kier molecular flexibility index (Phi) is 4.64. The maximum Gasteiger partial charge on any atom is 0.261 e. The summed E-state index contributed by atoms with van der Waals surface area (Å²) in [5, 5.41) is 17.8. The van der Waals surface area contributed by atoms with E-state index in [1.54, 1.807) is 18.3 Å². The van der Waals surface area contributed by atoms with Crippen molar-refractivity contribution in [2.45, 2.75) is 37.8 Å². The molecule has 0 bridgehead atoms. The number of nitrogens with zero attached hydrogens (tertiary/aromatic N) is 3. The predicted octanol–water partition coefficient (Wildman–Crippen LogP) is 3.94. The lowest BCUT2D eigenvalue weighted by Gasteiger charge is -2.42. The lowest BCUT2D eigenvalue weighted by Crippen LogP contribution is -2.48. The maximum atomic E-state index is 12.6. The van der Waals surface area contributed by atoms with Crippen LogP contribution in [0.3, 0.4) is 0 Å². The van der Waals surface area contributed by atoms with E-state index in [4.69, 9.17) is 22.1 Å². The third kappa shape index (κ3) is 3.34. The number of hydrogen-bond donors (Lipinski definition) is 3. The topological polar surface area (TPSA) is 89.8 Å². The quantitative estimate of drug-likeness (QED) is 0.607. The minimum atomic E-state index is -0.189. The number of halogens is 1. The summed E-state index contributed by atoms with van der Waals surface area (Å²) in [6.07, 6.45) is 5.60. The molecule has 29 heavy (non-hydrogen) atoms. The number of nitrogens with one attached hydrogen (secondary N) is 3. The number of anilines is 2. The van der Waals surface area contributed by atoms with E-state index in [0.717, 1.165) is 43.6 Å². The third-order valence-corrected chi connectivity index (χ3v) is 6.32. The Morgan fingerprint density at radius 3 is 2.66 bits per heavy atom. The summed E-state index contributed by atoms with van der Waals surface area (Å²) in [4.78, 5) is 17.8. The van der Waals surface area contributed by atoms with Crippen LogP contribution in [0.4, 0.5) is 11.5 Å². The Morgan fingerprint density at radius 2 is 1.97 bits per heavy atom. The summed E-state index contributed by atoms with van der Waals surface area (Å²) >= 11 is 5.98. The molecular weight excluding hydrogens is 388 g/mol. The summed E-state index contributed by atoms with van der Waals surface area (Å²) in [7, 11) is 0. The molecule has 3 N–H and O–H groups in total. The van der Waals surface area contributed by atoms with E-state index < -0.39 is 0 Å². The lowest BCUT2D eigenvalue weighted by atomic mass is 9.87. The van der Waals surface area contributed by atoms with Crippen LogP contribution in [0.2, 0.25) is 5.02 Å². The number of likely N-dealkylation sites (tertiary alicyclic amines) is 1. The van der Waals surface area contributed by atoms with Gasteiger partial charge in [-0.1, -0.05) is 11.6 Å². The number of aromatic amines is 1. The van der Waals surface area contributed by atoms with Crippen molar-refractivity contribution >= 4 is 39.7 Å². The highest BCUT2D eigenvalue weighted by molar-refractivity contribution is 6.30. The molecule has 3 heterocycles. The van der Waals surface area contributed by atoms with Gasteiger partial charge in [0.25, 0.3) is 5.56 Å². The fourth-order valence-electron chi connectivity index (χ4n) is 4.40. The van der Waals surface area contributed by atoms with Gasteiger partial charge in [0.15, 0.2) is 5.82 Å². The van der Waals surface area contributed by atoms with Crippen molar-refractivity contribution in [2.75, 3.05) is 18.4 Å². The molecule has 1 aliphatic heterocycles. The highest BCUT2D eigenvalue weighted by atomic mass is 35.5. The molecule has 8 heteroatoms. The molecule has 2 fully saturated rings. The van der Waals surface area contributed by atoms with E-state index in [-0.39, 0.29) is 11.6 Å². The van der Waals surface area contributed by atoms with Crippen molar-refractivity contribution < 1.29 is 0 Å². The molecule has 150 valence electrons. The molecule has 2 aromatic heterocycles. The van der Waals surface area contributed by atoms with Crippen molar-refractivity contribution in [1.29, 1.82) is 5.41 Å². The van der Waals surface area contributed by atoms with Gasteiger partial charge in [0.2, 0.25) is 0 Å². The molecule has 7 nitrogen and oxygen atoms in total. The zero-order chi connectivity index (χ0) is 20.0. The van der Waals surface area contributed by atoms with E-state index in [2.05, 4.69) is 15.2 Å². The van der Waals surface area contributed by atoms with Gasteiger partial charge in [-0.25, -0.2) is 0 Å². The standard InChI is InChI=1S/C21H23ClN6O/c22-13-2-4-14(5-3-13)25-20-19-18(8-9-24-21(19)29)28(26-20)17-7-6-15(12-16(17)23)27-10-1-11-27/h2-5,8-9,15,17,23H,1,6-7,10-12H2,(H,24,29)(H,25,26)/t15-,17+/m1/s1. The van der Waals surface area contributed by atoms with Crippen molar-refractivity contribution in [3.63, 3.8) is 0 Å². The van der Waals surface area contributed by atoms with Crippen molar-refractivity contribution in [1.82, 2.24) is 19.7 Å². The van der Waals surface area contributed by atoms with E-state index in [1.165, 1.54) is 6.42 Å². The smallest absolute Gasteiger partial charge is 0.261 e. The highest BCUT2D eigenvalue weighted by Crippen LogP contribution is 2.34. The molecule has 0 spiro atoms. The van der Waals surface area contributed by atoms with Gasteiger partial charge < -0.3 is 15.7 Å². The number of hydrogen-bond acceptors (Lipinski definition) is 5. The zero-order valence-electron chi connectivity index (χ0n) is 16.0. The van der Waals surface area contributed by atoms with Gasteiger partial charge in [-0.15, -0.1) is 0 Å². The number of benzene rings is 1. The van der Waals surface area contributed by atoms with Gasteiger partial charge >= 0.3 is 0 Å². The largest absolute Gasteiger partial charge is 0.338 e. The predicted molar refractivity (Wildman–Crippen MR) is 116 cm³/mol. The van der Waals surface area contributed by atoms with Gasteiger partial charge in [0.1, 0.15) is 5.39 Å². The fourth-order valence-corrected chi connectivity index (χ4v) is 4.52. The average molecular weight is 411 g/mol. The maximum absolute atomic E-state index is 12.6. The van der Waals surface area contributed by atoms with Crippen LogP contribution in [0, 0.1) is 5.41 Å². The van der Waals surface area contributed by atoms with Gasteiger partial charge in [0, 0.05) is 35.1 Å². The van der Waals surface area contributed by atoms with Crippen LogP contribution in [-0.4, -0.2) is 44.5 Å². The van der Waals surface area contributed by atoms with Gasteiger partial charge in [-0.3, -0.25) is 14.4 Å². The Morgan fingerprint density at radius 1 is 1.17 bits per heavy atom. The monoisotopic (exact) mass is 410 g/mol. The van der Waals surface area contributed by atoms with Crippen molar-refractivity contribution in [3.05, 3.63) is 51.9 Å². The zero-order valence-corrected chi connectivity index (χ0v) is 16.7. The molecule has 3 aromatic rings. The molecule has 0 unspecified atom stereocenters. The van der Waals surface area contributed by atoms with Gasteiger partial charge in [0.05, 0.1) is 11.6 Å². The second kappa shape index (κ2) is 7.31. The van der Waals surface area contributed by atoms with E-state index in [1.807, 2.05) is 22.9 Å². The number of fused-ring (bicyclic) bond motifs is 1. The molecule has 1 aliphatic carbocycles. The van der Waals surface area contributed by atoms with Crippen LogP contribution in [0.5, 0.6) is 0 Å². The Labute approximate surface area is 173 Å². The van der Waals surface area contributed by atoms with Crippen molar-refractivity contribution in [2.24, 2.45) is 0 Å². The minimum Gasteiger partial charge on any atom is -0.338 e. The first-order valence-corrected chi connectivity index (χ1v) is 10.4. The van der Waals surface area contributed by atoms with Crippen LogP contribution >= 0.6 is 11.6 Å². The Balaban J connectivity index is 1.49. The normalized spacial score (nSPS) is 22.6. The third-order valence-electron chi connectivity index (χ3n) is 6.07. The number of H-pyrrole nitrogens is 1. The van der Waals surface area contributed by atoms with Gasteiger partial charge in [-0.05, 0) is 62.7 Å². The molecule has 0 amide bonds. The molecular formula is C21H23ClN6O. The summed E-state index contributed by atoms with van der Waals surface area (Å²) in [5.41, 5.74) is 2.06. The second-order valence-corrected chi connectivity index (χ2v) is 8.29. The van der Waals surface area contributed by atoms with Crippen molar-refractivity contribution in [3.8, 4) is 0 Å². The second-order valence-electron chi connectivity index (χ2n) is 7.86. The molecule has 1 saturated carbocycles. The van der Waals surface area contributed by atoms with Crippen LogP contribution in [0.25, 0.3) is 10.9 Å². The van der Waals surface area contributed by atoms with Crippen LogP contribution < -0.4 is 10.9 Å². The first-order chi connectivity index (χ1) is 14.1. The number of rotatable bonds is 4. The molecule has 2 atom stereocenters. The SMILES string of the molecule is N=C1C[C@H](N2CCC2)CC[C@@H]1n1nc(Nc2ccc(Cl)cc2)c2c(=O)[nH]ccc21. The Hall–Kier alpha value is -2.64. The lowest BCUT2D eigenvalue weighted by molar-refractivity contribution is 0.105. The average Bonchev–Trinajstić information content (AvgIpc) is 3.02. The van der Waals surface area contributed by atoms with Crippen LogP contribution in [0.1, 0.15) is 31.7 Å². The van der Waals surface area contributed by atoms with Crippen LogP contribution in [-0.2, 0) is 0 Å². The van der Waals surface area contributed by atoms with Crippen LogP contribution in [0.15, 0.2) is 41.3 Å². The molecule has 2 aliphatic rings. The van der Waals surface area contributed by atoms with E-state index in [9.17, 15) is 4.79 Å². The first-order valence-electron chi connectivity index (χ1n) is 10.0.